The van der Waals surface area contributed by atoms with Crippen LogP contribution >= 0.6 is 0 Å². The predicted molar refractivity (Wildman–Crippen MR) is 99.4 cm³/mol. The standard InChI is InChI=1S/C18H27NO4S2/c1-18(2,3)19-16-11-24(20,21)12-17(16)25(22,23)15-9-8-13-6-4-5-7-14(13)10-15/h8-10,16-17,19H,4-7,11-12H2,1-3H3/t16-,17-/m0/s1. The van der Waals surface area contributed by atoms with Gasteiger partial charge in [-0.3, -0.25) is 0 Å². The lowest BCUT2D eigenvalue weighted by molar-refractivity contribution is 0.374. The van der Waals surface area contributed by atoms with Crippen LogP contribution in [0.5, 0.6) is 0 Å². The molecule has 140 valence electrons. The van der Waals surface area contributed by atoms with E-state index in [0.717, 1.165) is 31.2 Å². The first-order valence-electron chi connectivity index (χ1n) is 8.82. The third-order valence-corrected chi connectivity index (χ3v) is 9.11. The third kappa shape index (κ3) is 4.09. The highest BCUT2D eigenvalue weighted by molar-refractivity contribution is 7.96. The van der Waals surface area contributed by atoms with Gasteiger partial charge in [0.2, 0.25) is 0 Å². The summed E-state index contributed by atoms with van der Waals surface area (Å²) in [6, 6.07) is 4.74. The van der Waals surface area contributed by atoms with Gasteiger partial charge in [-0.25, -0.2) is 16.8 Å². The van der Waals surface area contributed by atoms with Gasteiger partial charge in [-0.1, -0.05) is 6.07 Å². The summed E-state index contributed by atoms with van der Waals surface area (Å²) in [4.78, 5) is 0.260. The van der Waals surface area contributed by atoms with Crippen molar-refractivity contribution in [3.63, 3.8) is 0 Å². The Hall–Kier alpha value is -0.920. The molecule has 0 unspecified atom stereocenters. The monoisotopic (exact) mass is 385 g/mol. The first-order valence-corrected chi connectivity index (χ1v) is 12.2. The number of nitrogens with one attached hydrogen (secondary N) is 1. The van der Waals surface area contributed by atoms with Gasteiger partial charge in [0.25, 0.3) is 0 Å². The Morgan fingerprint density at radius 1 is 1.04 bits per heavy atom. The highest BCUT2D eigenvalue weighted by Gasteiger charge is 2.46. The maximum Gasteiger partial charge on any atom is 0.183 e. The van der Waals surface area contributed by atoms with E-state index >= 15 is 0 Å². The van der Waals surface area contributed by atoms with Crippen molar-refractivity contribution in [2.24, 2.45) is 0 Å². The fourth-order valence-corrected chi connectivity index (χ4v) is 8.58. The molecule has 0 radical (unpaired) electrons. The number of aryl methyl sites for hydroxylation is 2. The summed E-state index contributed by atoms with van der Waals surface area (Å²) in [6.45, 7) is 5.75. The Labute approximate surface area is 151 Å². The molecule has 1 saturated heterocycles. The summed E-state index contributed by atoms with van der Waals surface area (Å²) < 4.78 is 50.7. The van der Waals surface area contributed by atoms with Crippen LogP contribution in [0.25, 0.3) is 0 Å². The van der Waals surface area contributed by atoms with Gasteiger partial charge in [0, 0.05) is 11.6 Å². The van der Waals surface area contributed by atoms with Gasteiger partial charge in [0.1, 0.15) is 0 Å². The zero-order valence-electron chi connectivity index (χ0n) is 15.1. The third-order valence-electron chi connectivity index (χ3n) is 4.97. The SMILES string of the molecule is CC(C)(C)N[C@H]1CS(=O)(=O)C[C@@H]1S(=O)(=O)c1ccc2c(c1)CCCC2. The maximum absolute atomic E-state index is 13.2. The Morgan fingerprint density at radius 2 is 1.68 bits per heavy atom. The van der Waals surface area contributed by atoms with Gasteiger partial charge in [0.05, 0.1) is 21.7 Å². The number of fused-ring (bicyclic) bond motifs is 1. The van der Waals surface area contributed by atoms with E-state index in [1.165, 1.54) is 5.56 Å². The van der Waals surface area contributed by atoms with Crippen molar-refractivity contribution in [3.05, 3.63) is 29.3 Å². The Bertz CT molecular complexity index is 867. The van der Waals surface area contributed by atoms with E-state index in [1.54, 1.807) is 12.1 Å². The van der Waals surface area contributed by atoms with Crippen molar-refractivity contribution in [1.29, 1.82) is 0 Å². The molecule has 0 bridgehead atoms. The van der Waals surface area contributed by atoms with Gasteiger partial charge in [-0.15, -0.1) is 0 Å². The van der Waals surface area contributed by atoms with Crippen LogP contribution in [-0.4, -0.2) is 45.2 Å². The van der Waals surface area contributed by atoms with Crippen molar-refractivity contribution < 1.29 is 16.8 Å². The molecule has 2 aliphatic rings. The van der Waals surface area contributed by atoms with Gasteiger partial charge >= 0.3 is 0 Å². The summed E-state index contributed by atoms with van der Waals surface area (Å²) >= 11 is 0. The average molecular weight is 386 g/mol. The largest absolute Gasteiger partial charge is 0.307 e. The quantitative estimate of drug-likeness (QED) is 0.859. The lowest BCUT2D eigenvalue weighted by Crippen LogP contribution is -2.51. The fraction of sp³-hybridized carbons (Fsp3) is 0.667. The van der Waals surface area contributed by atoms with Gasteiger partial charge in [-0.05, 0) is 69.7 Å². The van der Waals surface area contributed by atoms with E-state index < -0.39 is 31.0 Å². The summed E-state index contributed by atoms with van der Waals surface area (Å²) in [7, 11) is -7.07. The molecule has 2 atom stereocenters. The molecule has 1 aliphatic carbocycles. The number of hydrogen-bond donors (Lipinski definition) is 1. The van der Waals surface area contributed by atoms with Crippen LogP contribution in [-0.2, 0) is 32.5 Å². The van der Waals surface area contributed by atoms with Gasteiger partial charge in [-0.2, -0.15) is 0 Å². The first-order chi connectivity index (χ1) is 11.5. The van der Waals surface area contributed by atoms with E-state index in [2.05, 4.69) is 5.32 Å². The number of hydrogen-bond acceptors (Lipinski definition) is 5. The van der Waals surface area contributed by atoms with Crippen molar-refractivity contribution in [1.82, 2.24) is 5.32 Å². The Balaban J connectivity index is 1.97. The predicted octanol–water partition coefficient (Wildman–Crippen LogP) is 1.89. The minimum Gasteiger partial charge on any atom is -0.307 e. The van der Waals surface area contributed by atoms with Crippen LogP contribution in [0.15, 0.2) is 23.1 Å². The molecule has 1 aromatic rings. The van der Waals surface area contributed by atoms with Crippen LogP contribution in [0.2, 0.25) is 0 Å². The summed E-state index contributed by atoms with van der Waals surface area (Å²) in [5.74, 6) is -0.431. The molecule has 1 N–H and O–H groups in total. The zero-order chi connectivity index (χ0) is 18.5. The zero-order valence-corrected chi connectivity index (χ0v) is 16.7. The highest BCUT2D eigenvalue weighted by Crippen LogP contribution is 2.30. The normalized spacial score (nSPS) is 26.4. The van der Waals surface area contributed by atoms with E-state index in [9.17, 15) is 16.8 Å². The highest BCUT2D eigenvalue weighted by atomic mass is 32.2. The molecule has 1 aromatic carbocycles. The van der Waals surface area contributed by atoms with E-state index in [-0.39, 0.29) is 21.9 Å². The van der Waals surface area contributed by atoms with Gasteiger partial charge in [0.15, 0.2) is 19.7 Å². The molecule has 7 heteroatoms. The van der Waals surface area contributed by atoms with Crippen LogP contribution < -0.4 is 5.32 Å². The van der Waals surface area contributed by atoms with Crippen molar-refractivity contribution >= 4 is 19.7 Å². The van der Waals surface area contributed by atoms with E-state index in [0.29, 0.717) is 0 Å². The minimum absolute atomic E-state index is 0.126. The van der Waals surface area contributed by atoms with Crippen LogP contribution in [0.3, 0.4) is 0 Å². The molecule has 5 nitrogen and oxygen atoms in total. The Morgan fingerprint density at radius 3 is 2.32 bits per heavy atom. The van der Waals surface area contributed by atoms with Crippen LogP contribution in [0, 0.1) is 0 Å². The number of sulfone groups is 2. The molecule has 25 heavy (non-hydrogen) atoms. The van der Waals surface area contributed by atoms with Crippen molar-refractivity contribution in [3.8, 4) is 0 Å². The molecule has 3 rings (SSSR count). The lowest BCUT2D eigenvalue weighted by Gasteiger charge is -2.29. The first kappa shape index (κ1) is 18.9. The molecular weight excluding hydrogens is 358 g/mol. The molecule has 1 heterocycles. The molecule has 1 aliphatic heterocycles. The second kappa shape index (κ2) is 6.35. The second-order valence-electron chi connectivity index (χ2n) is 8.30. The minimum atomic E-state index is -3.71. The average Bonchev–Trinajstić information content (AvgIpc) is 2.80. The topological polar surface area (TPSA) is 80.3 Å². The molecule has 0 amide bonds. The summed E-state index contributed by atoms with van der Waals surface area (Å²) in [5, 5.41) is 2.27. The second-order valence-corrected chi connectivity index (χ2v) is 12.6. The molecular formula is C18H27NO4S2. The van der Waals surface area contributed by atoms with Crippen LogP contribution in [0.1, 0.15) is 44.7 Å². The molecule has 0 saturated carbocycles. The fourth-order valence-electron chi connectivity index (χ4n) is 3.87. The van der Waals surface area contributed by atoms with E-state index in [4.69, 9.17) is 0 Å². The van der Waals surface area contributed by atoms with Crippen molar-refractivity contribution in [2.45, 2.75) is 68.2 Å². The smallest absolute Gasteiger partial charge is 0.183 e. The number of benzene rings is 1. The lowest BCUT2D eigenvalue weighted by atomic mass is 9.92. The van der Waals surface area contributed by atoms with Crippen LogP contribution in [0.4, 0.5) is 0 Å². The number of rotatable bonds is 3. The molecule has 1 fully saturated rings. The molecule has 0 spiro atoms. The van der Waals surface area contributed by atoms with Gasteiger partial charge < -0.3 is 5.32 Å². The Kier molecular flexibility index (Phi) is 4.79. The van der Waals surface area contributed by atoms with Crippen molar-refractivity contribution in [2.75, 3.05) is 11.5 Å². The summed E-state index contributed by atoms with van der Waals surface area (Å²) in [5.41, 5.74) is 1.95. The maximum atomic E-state index is 13.2. The molecule has 0 aromatic heterocycles. The summed E-state index contributed by atoms with van der Waals surface area (Å²) in [6.07, 6.45) is 4.09. The van der Waals surface area contributed by atoms with E-state index in [1.807, 2.05) is 26.8 Å².